The molecule has 1 aromatic heterocycles. The molecular weight excluding hydrogens is 357 g/mol. The third-order valence-electron chi connectivity index (χ3n) is 4.58. The molecule has 0 radical (unpaired) electrons. The van der Waals surface area contributed by atoms with Crippen LogP contribution in [0.1, 0.15) is 38.3 Å². The first-order chi connectivity index (χ1) is 12.6. The minimum Gasteiger partial charge on any atom is -0.310 e. The van der Waals surface area contributed by atoms with Crippen LogP contribution in [0.5, 0.6) is 0 Å². The lowest BCUT2D eigenvalue weighted by atomic mass is 10.1. The molecule has 3 rings (SSSR count). The van der Waals surface area contributed by atoms with Gasteiger partial charge in [0, 0.05) is 24.8 Å². The van der Waals surface area contributed by atoms with Crippen molar-refractivity contribution in [2.75, 3.05) is 11.4 Å². The second-order valence-electron chi connectivity index (χ2n) is 7.69. The Morgan fingerprint density at radius 1 is 1.22 bits per heavy atom. The molecule has 2 aromatic rings. The van der Waals surface area contributed by atoms with Crippen LogP contribution in [-0.4, -0.2) is 28.3 Å². The molecule has 1 fully saturated rings. The summed E-state index contributed by atoms with van der Waals surface area (Å²) in [6.07, 6.45) is -0.403. The molecule has 1 N–H and O–H groups in total. The number of para-hydroxylation sites is 1. The molecule has 1 atom stereocenters. The smallest absolute Gasteiger partial charge is 0.310 e. The van der Waals surface area contributed by atoms with Crippen molar-refractivity contribution in [1.82, 2.24) is 15.1 Å². The Kier molecular flexibility index (Phi) is 5.03. The number of carbonyl (C=O) groups is 1. The van der Waals surface area contributed by atoms with Crippen molar-refractivity contribution >= 4 is 11.6 Å². The van der Waals surface area contributed by atoms with Gasteiger partial charge >= 0.3 is 6.18 Å². The van der Waals surface area contributed by atoms with Crippen LogP contribution in [0.25, 0.3) is 0 Å². The van der Waals surface area contributed by atoms with Crippen molar-refractivity contribution < 1.29 is 18.0 Å². The Morgan fingerprint density at radius 3 is 2.56 bits per heavy atom. The number of carbonyl (C=O) groups excluding carboxylic acids is 1. The molecule has 8 heteroatoms. The van der Waals surface area contributed by atoms with Crippen molar-refractivity contribution in [2.24, 2.45) is 0 Å². The first-order valence-corrected chi connectivity index (χ1v) is 8.82. The number of alkyl halides is 3. The van der Waals surface area contributed by atoms with Crippen LogP contribution in [0.4, 0.5) is 18.9 Å². The van der Waals surface area contributed by atoms with E-state index < -0.39 is 17.8 Å². The molecule has 1 aliphatic rings. The van der Waals surface area contributed by atoms with Crippen molar-refractivity contribution in [3.63, 3.8) is 0 Å². The number of halogens is 3. The van der Waals surface area contributed by atoms with E-state index in [-0.39, 0.29) is 23.7 Å². The van der Waals surface area contributed by atoms with Crippen LogP contribution in [-0.2, 0) is 23.1 Å². The minimum atomic E-state index is -4.50. The third kappa shape index (κ3) is 4.16. The van der Waals surface area contributed by atoms with E-state index in [2.05, 4.69) is 10.4 Å². The Labute approximate surface area is 156 Å². The van der Waals surface area contributed by atoms with Crippen LogP contribution in [0.15, 0.2) is 36.7 Å². The maximum absolute atomic E-state index is 13.2. The van der Waals surface area contributed by atoms with Crippen LogP contribution in [0.3, 0.4) is 0 Å². The average Bonchev–Trinajstić information content (AvgIpc) is 3.19. The summed E-state index contributed by atoms with van der Waals surface area (Å²) < 4.78 is 41.5. The van der Waals surface area contributed by atoms with E-state index in [0.717, 1.165) is 11.6 Å². The highest BCUT2D eigenvalue weighted by Crippen LogP contribution is 2.37. The summed E-state index contributed by atoms with van der Waals surface area (Å²) in [4.78, 5) is 13.9. The predicted octanol–water partition coefficient (Wildman–Crippen LogP) is 3.55. The number of hydrogen-bond donors (Lipinski definition) is 1. The lowest BCUT2D eigenvalue weighted by Gasteiger charge is -2.21. The van der Waals surface area contributed by atoms with Gasteiger partial charge < -0.3 is 10.2 Å². The fraction of sp³-hybridized carbons (Fsp3) is 0.474. The Hall–Kier alpha value is -2.35. The molecule has 0 unspecified atom stereocenters. The van der Waals surface area contributed by atoms with Crippen LogP contribution in [0.2, 0.25) is 0 Å². The predicted molar refractivity (Wildman–Crippen MR) is 96.3 cm³/mol. The van der Waals surface area contributed by atoms with Gasteiger partial charge in [-0.15, -0.1) is 0 Å². The number of anilines is 1. The number of aromatic nitrogens is 2. The van der Waals surface area contributed by atoms with Gasteiger partial charge in [0.1, 0.15) is 0 Å². The molecule has 2 heterocycles. The van der Waals surface area contributed by atoms with Crippen LogP contribution >= 0.6 is 0 Å². The van der Waals surface area contributed by atoms with Gasteiger partial charge in [0.05, 0.1) is 29.0 Å². The first kappa shape index (κ1) is 19.4. The zero-order valence-electron chi connectivity index (χ0n) is 15.5. The van der Waals surface area contributed by atoms with E-state index in [9.17, 15) is 18.0 Å². The van der Waals surface area contributed by atoms with Gasteiger partial charge in [-0.1, -0.05) is 12.1 Å². The first-order valence-electron chi connectivity index (χ1n) is 8.82. The zero-order chi connectivity index (χ0) is 19.8. The molecule has 0 saturated carbocycles. The van der Waals surface area contributed by atoms with Gasteiger partial charge in [0.2, 0.25) is 5.91 Å². The molecule has 1 saturated heterocycles. The Bertz CT molecular complexity index is 823. The van der Waals surface area contributed by atoms with E-state index in [1.165, 1.54) is 23.1 Å². The van der Waals surface area contributed by atoms with E-state index in [4.69, 9.17) is 0 Å². The van der Waals surface area contributed by atoms with Gasteiger partial charge in [-0.05, 0) is 39.3 Å². The molecule has 5 nitrogen and oxygen atoms in total. The van der Waals surface area contributed by atoms with Crippen molar-refractivity contribution in [1.29, 1.82) is 0 Å². The topological polar surface area (TPSA) is 50.2 Å². The maximum Gasteiger partial charge on any atom is 0.418 e. The van der Waals surface area contributed by atoms with Crippen LogP contribution < -0.4 is 10.2 Å². The third-order valence-corrected chi connectivity index (χ3v) is 4.58. The standard InChI is InChI=1S/C19H23F3N4O/c1-18(2,3)26-12-13(11-24-26)10-23-15-8-9-25(17(15)27)16-7-5-4-6-14(16)19(20,21)22/h4-7,11-12,15,23H,8-10H2,1-3H3/t15-/m1/s1. The van der Waals surface area contributed by atoms with Crippen molar-refractivity contribution in [2.45, 2.75) is 51.5 Å². The fourth-order valence-electron chi connectivity index (χ4n) is 3.12. The lowest BCUT2D eigenvalue weighted by molar-refractivity contribution is -0.137. The van der Waals surface area contributed by atoms with Gasteiger partial charge in [-0.3, -0.25) is 9.48 Å². The summed E-state index contributed by atoms with van der Waals surface area (Å²) in [5.74, 6) is -0.338. The van der Waals surface area contributed by atoms with Gasteiger partial charge in [-0.2, -0.15) is 18.3 Å². The summed E-state index contributed by atoms with van der Waals surface area (Å²) in [5.41, 5.74) is -0.0864. The number of nitrogens with zero attached hydrogens (tertiary/aromatic N) is 3. The molecule has 0 spiro atoms. The van der Waals surface area contributed by atoms with E-state index in [0.29, 0.717) is 13.0 Å². The number of benzene rings is 1. The van der Waals surface area contributed by atoms with Gasteiger partial charge in [0.25, 0.3) is 0 Å². The Balaban J connectivity index is 1.69. The largest absolute Gasteiger partial charge is 0.418 e. The highest BCUT2D eigenvalue weighted by atomic mass is 19.4. The molecule has 146 valence electrons. The minimum absolute atomic E-state index is 0.0835. The van der Waals surface area contributed by atoms with E-state index in [1.54, 1.807) is 6.20 Å². The molecule has 1 amide bonds. The molecular formula is C19H23F3N4O. The molecule has 1 aliphatic heterocycles. The lowest BCUT2D eigenvalue weighted by Crippen LogP contribution is -2.38. The van der Waals surface area contributed by atoms with Gasteiger partial charge in [-0.25, -0.2) is 0 Å². The second kappa shape index (κ2) is 6.99. The van der Waals surface area contributed by atoms with E-state index >= 15 is 0 Å². The van der Waals surface area contributed by atoms with E-state index in [1.807, 2.05) is 31.6 Å². The molecule has 27 heavy (non-hydrogen) atoms. The van der Waals surface area contributed by atoms with Crippen molar-refractivity contribution in [3.05, 3.63) is 47.8 Å². The number of hydrogen-bond acceptors (Lipinski definition) is 3. The SMILES string of the molecule is CC(C)(C)n1cc(CN[C@@H]2CCN(c3ccccc3C(F)(F)F)C2=O)cn1. The fourth-order valence-corrected chi connectivity index (χ4v) is 3.12. The van der Waals surface area contributed by atoms with Gasteiger partial charge in [0.15, 0.2) is 0 Å². The molecule has 1 aromatic carbocycles. The average molecular weight is 380 g/mol. The summed E-state index contributed by atoms with van der Waals surface area (Å²) in [7, 11) is 0. The highest BCUT2D eigenvalue weighted by Gasteiger charge is 2.39. The highest BCUT2D eigenvalue weighted by molar-refractivity contribution is 6.00. The Morgan fingerprint density at radius 2 is 1.93 bits per heavy atom. The monoisotopic (exact) mass is 380 g/mol. The normalized spacial score (nSPS) is 18.4. The second-order valence-corrected chi connectivity index (χ2v) is 7.69. The van der Waals surface area contributed by atoms with Crippen LogP contribution in [0, 0.1) is 0 Å². The summed E-state index contributed by atoms with van der Waals surface area (Å²) in [5, 5.41) is 7.45. The summed E-state index contributed by atoms with van der Waals surface area (Å²) in [6, 6.07) is 4.68. The maximum atomic E-state index is 13.2. The molecule has 0 aliphatic carbocycles. The number of rotatable bonds is 4. The number of amides is 1. The summed E-state index contributed by atoms with van der Waals surface area (Å²) in [6.45, 7) is 6.79. The summed E-state index contributed by atoms with van der Waals surface area (Å²) >= 11 is 0. The molecule has 0 bridgehead atoms. The quantitative estimate of drug-likeness (QED) is 0.883. The zero-order valence-corrected chi connectivity index (χ0v) is 15.5. The van der Waals surface area contributed by atoms with Crippen molar-refractivity contribution in [3.8, 4) is 0 Å². The number of nitrogens with one attached hydrogen (secondary N) is 1.